The lowest BCUT2D eigenvalue weighted by atomic mass is 10.2. The van der Waals surface area contributed by atoms with Crippen LogP contribution in [0, 0.1) is 3.57 Å². The number of benzene rings is 2. The molecule has 20 heavy (non-hydrogen) atoms. The van der Waals surface area contributed by atoms with Crippen LogP contribution < -0.4 is 5.69 Å². The van der Waals surface area contributed by atoms with Gasteiger partial charge in [-0.05, 0) is 59.0 Å². The maximum atomic E-state index is 12.1. The Labute approximate surface area is 127 Å². The Hall–Kier alpha value is -2.09. The van der Waals surface area contributed by atoms with Gasteiger partial charge in [0.15, 0.2) is 0 Å². The van der Waals surface area contributed by atoms with Gasteiger partial charge in [-0.3, -0.25) is 4.57 Å². The highest BCUT2D eigenvalue weighted by Crippen LogP contribution is 2.18. The van der Waals surface area contributed by atoms with E-state index in [-0.39, 0.29) is 11.3 Å². The topological polar surface area (TPSA) is 75.1 Å². The molecule has 0 bridgehead atoms. The molecule has 5 nitrogen and oxygen atoms in total. The van der Waals surface area contributed by atoms with Gasteiger partial charge >= 0.3 is 11.7 Å². The Morgan fingerprint density at radius 3 is 2.70 bits per heavy atom. The van der Waals surface area contributed by atoms with E-state index >= 15 is 0 Å². The molecular formula is C14H9IN2O3. The molecule has 1 heterocycles. The highest BCUT2D eigenvalue weighted by molar-refractivity contribution is 14.1. The number of nitrogens with zero attached hydrogens (tertiary/aromatic N) is 1. The summed E-state index contributed by atoms with van der Waals surface area (Å²) in [5.74, 6) is -1.02. The van der Waals surface area contributed by atoms with Crippen LogP contribution in [0.15, 0.2) is 47.3 Å². The second kappa shape index (κ2) is 4.78. The maximum absolute atomic E-state index is 12.1. The summed E-state index contributed by atoms with van der Waals surface area (Å²) in [6.45, 7) is 0. The van der Waals surface area contributed by atoms with Crippen LogP contribution in [0.5, 0.6) is 0 Å². The lowest BCUT2D eigenvalue weighted by Gasteiger charge is -2.04. The van der Waals surface area contributed by atoms with Gasteiger partial charge in [0.2, 0.25) is 0 Å². The molecule has 0 unspecified atom stereocenters. The van der Waals surface area contributed by atoms with E-state index < -0.39 is 5.97 Å². The first-order valence-electron chi connectivity index (χ1n) is 5.80. The molecule has 0 aliphatic rings. The highest BCUT2D eigenvalue weighted by atomic mass is 127. The van der Waals surface area contributed by atoms with Crippen molar-refractivity contribution in [1.82, 2.24) is 9.55 Å². The molecule has 3 rings (SSSR count). The van der Waals surface area contributed by atoms with Crippen molar-refractivity contribution in [2.24, 2.45) is 0 Å². The molecule has 0 amide bonds. The molecule has 1 aromatic heterocycles. The number of nitrogens with one attached hydrogen (secondary N) is 1. The number of carbonyl (C=O) groups is 1. The number of imidazole rings is 1. The van der Waals surface area contributed by atoms with E-state index in [0.717, 1.165) is 9.26 Å². The van der Waals surface area contributed by atoms with Crippen molar-refractivity contribution in [2.45, 2.75) is 0 Å². The Balaban J connectivity index is 2.29. The molecule has 0 spiro atoms. The quantitative estimate of drug-likeness (QED) is 0.672. The molecule has 0 fully saturated rings. The first-order valence-corrected chi connectivity index (χ1v) is 6.88. The molecule has 3 aromatic rings. The summed E-state index contributed by atoms with van der Waals surface area (Å²) in [6, 6.07) is 12.1. The van der Waals surface area contributed by atoms with Crippen molar-refractivity contribution < 1.29 is 9.90 Å². The van der Waals surface area contributed by atoms with Crippen molar-refractivity contribution in [2.75, 3.05) is 0 Å². The summed E-state index contributed by atoms with van der Waals surface area (Å²) in [7, 11) is 0. The second-order valence-electron chi connectivity index (χ2n) is 4.28. The third-order valence-electron chi connectivity index (χ3n) is 3.00. The lowest BCUT2D eigenvalue weighted by Crippen LogP contribution is -2.14. The van der Waals surface area contributed by atoms with Gasteiger partial charge in [-0.25, -0.2) is 9.59 Å². The van der Waals surface area contributed by atoms with E-state index in [1.54, 1.807) is 6.07 Å². The molecule has 0 saturated carbocycles. The fraction of sp³-hybridized carbons (Fsp3) is 0. The van der Waals surface area contributed by atoms with Crippen molar-refractivity contribution >= 4 is 39.6 Å². The van der Waals surface area contributed by atoms with Gasteiger partial charge in [-0.15, -0.1) is 0 Å². The Kier molecular flexibility index (Phi) is 3.09. The molecule has 0 aliphatic heterocycles. The number of aromatic carboxylic acids is 1. The van der Waals surface area contributed by atoms with Gasteiger partial charge in [0, 0.05) is 3.57 Å². The minimum atomic E-state index is -1.02. The van der Waals surface area contributed by atoms with Crippen molar-refractivity contribution in [3.63, 3.8) is 0 Å². The number of carboxylic acids is 1. The molecule has 100 valence electrons. The van der Waals surface area contributed by atoms with E-state index in [1.807, 2.05) is 24.3 Å². The van der Waals surface area contributed by atoms with Gasteiger partial charge in [0.05, 0.1) is 22.3 Å². The van der Waals surface area contributed by atoms with Gasteiger partial charge < -0.3 is 10.1 Å². The number of carboxylic acid groups (broad SMARTS) is 1. The molecule has 6 heteroatoms. The third kappa shape index (κ3) is 2.11. The number of fused-ring (bicyclic) bond motifs is 1. The normalized spacial score (nSPS) is 10.8. The van der Waals surface area contributed by atoms with E-state index in [1.165, 1.54) is 16.7 Å². The van der Waals surface area contributed by atoms with Crippen molar-refractivity contribution in [1.29, 1.82) is 0 Å². The summed E-state index contributed by atoms with van der Waals surface area (Å²) in [5.41, 5.74) is 1.77. The molecule has 0 aliphatic carbocycles. The number of aromatic nitrogens is 2. The summed E-state index contributed by atoms with van der Waals surface area (Å²) >= 11 is 2.18. The largest absolute Gasteiger partial charge is 0.478 e. The zero-order valence-electron chi connectivity index (χ0n) is 10.1. The number of hydrogen-bond acceptors (Lipinski definition) is 2. The zero-order chi connectivity index (χ0) is 14.3. The zero-order valence-corrected chi connectivity index (χ0v) is 12.3. The molecule has 2 N–H and O–H groups in total. The van der Waals surface area contributed by atoms with E-state index in [2.05, 4.69) is 27.6 Å². The van der Waals surface area contributed by atoms with Gasteiger partial charge in [-0.2, -0.15) is 0 Å². The van der Waals surface area contributed by atoms with E-state index in [0.29, 0.717) is 11.0 Å². The van der Waals surface area contributed by atoms with Crippen LogP contribution in [0.1, 0.15) is 10.4 Å². The molecule has 0 saturated heterocycles. The fourth-order valence-electron chi connectivity index (χ4n) is 2.12. The first kappa shape index (κ1) is 12.9. The SMILES string of the molecule is O=C(O)c1ccc2c(c1)[nH]c(=O)n2-c1cccc(I)c1. The smallest absolute Gasteiger partial charge is 0.335 e. The van der Waals surface area contributed by atoms with Crippen molar-refractivity contribution in [3.8, 4) is 5.69 Å². The van der Waals surface area contributed by atoms with Gasteiger partial charge in [-0.1, -0.05) is 6.07 Å². The number of halogens is 1. The van der Waals surface area contributed by atoms with Crippen LogP contribution in [-0.4, -0.2) is 20.6 Å². The molecule has 0 atom stereocenters. The average molecular weight is 380 g/mol. The maximum Gasteiger partial charge on any atom is 0.335 e. The minimum absolute atomic E-state index is 0.147. The van der Waals surface area contributed by atoms with Crippen LogP contribution in [0.25, 0.3) is 16.7 Å². The number of hydrogen-bond donors (Lipinski definition) is 2. The third-order valence-corrected chi connectivity index (χ3v) is 3.67. The Morgan fingerprint density at radius 2 is 2.00 bits per heavy atom. The van der Waals surface area contributed by atoms with Crippen molar-refractivity contribution in [3.05, 3.63) is 62.1 Å². The standard InChI is InChI=1S/C14H9IN2O3/c15-9-2-1-3-10(7-9)17-12-5-4-8(13(18)19)6-11(12)16-14(17)20/h1-7H,(H,16,20)(H,18,19). The lowest BCUT2D eigenvalue weighted by molar-refractivity contribution is 0.0697. The van der Waals surface area contributed by atoms with Crippen LogP contribution in [0.3, 0.4) is 0 Å². The summed E-state index contributed by atoms with van der Waals surface area (Å²) in [4.78, 5) is 25.7. The predicted octanol–water partition coefficient (Wildman–Crippen LogP) is 2.62. The molecule has 0 radical (unpaired) electrons. The van der Waals surface area contributed by atoms with Crippen LogP contribution >= 0.6 is 22.6 Å². The van der Waals surface area contributed by atoms with Gasteiger partial charge in [0.25, 0.3) is 0 Å². The minimum Gasteiger partial charge on any atom is -0.478 e. The average Bonchev–Trinajstić information content (AvgIpc) is 2.73. The molecule has 2 aromatic carbocycles. The molecular weight excluding hydrogens is 371 g/mol. The highest BCUT2D eigenvalue weighted by Gasteiger charge is 2.11. The predicted molar refractivity (Wildman–Crippen MR) is 83.6 cm³/mol. The first-order chi connectivity index (χ1) is 9.56. The van der Waals surface area contributed by atoms with Crippen LogP contribution in [0.2, 0.25) is 0 Å². The second-order valence-corrected chi connectivity index (χ2v) is 5.53. The van der Waals surface area contributed by atoms with E-state index in [9.17, 15) is 9.59 Å². The van der Waals surface area contributed by atoms with Gasteiger partial charge in [0.1, 0.15) is 0 Å². The monoisotopic (exact) mass is 380 g/mol. The van der Waals surface area contributed by atoms with E-state index in [4.69, 9.17) is 5.11 Å². The summed E-state index contributed by atoms with van der Waals surface area (Å²) in [6.07, 6.45) is 0. The number of aromatic amines is 1. The van der Waals surface area contributed by atoms with Crippen LogP contribution in [0.4, 0.5) is 0 Å². The Bertz CT molecular complexity index is 880. The van der Waals surface area contributed by atoms with Crippen LogP contribution in [-0.2, 0) is 0 Å². The number of H-pyrrole nitrogens is 1. The Morgan fingerprint density at radius 1 is 1.20 bits per heavy atom. The number of rotatable bonds is 2. The summed E-state index contributed by atoms with van der Waals surface area (Å²) < 4.78 is 2.55. The fourth-order valence-corrected chi connectivity index (χ4v) is 2.64. The summed E-state index contributed by atoms with van der Waals surface area (Å²) in [5, 5.41) is 8.97.